The second kappa shape index (κ2) is 7.98. The number of ether oxygens (including phenoxy) is 1. The second-order valence-electron chi connectivity index (χ2n) is 4.86. The molecule has 0 aromatic heterocycles. The van der Waals surface area contributed by atoms with Crippen molar-refractivity contribution in [3.8, 4) is 5.75 Å². The van der Waals surface area contributed by atoms with Gasteiger partial charge in [0.15, 0.2) is 0 Å². The van der Waals surface area contributed by atoms with E-state index in [0.29, 0.717) is 0 Å². The van der Waals surface area contributed by atoms with Crippen LogP contribution in [-0.4, -0.2) is 34.3 Å². The zero-order valence-electron chi connectivity index (χ0n) is 12.1. The van der Waals surface area contributed by atoms with E-state index in [-0.39, 0.29) is 0 Å². The van der Waals surface area contributed by atoms with E-state index in [1.54, 1.807) is 0 Å². The van der Waals surface area contributed by atoms with Gasteiger partial charge in [-0.05, 0) is 51.4 Å². The summed E-state index contributed by atoms with van der Waals surface area (Å²) in [5.41, 5.74) is 2.50. The lowest BCUT2D eigenvalue weighted by atomic mass is 10.2. The van der Waals surface area contributed by atoms with Crippen molar-refractivity contribution in [2.45, 2.75) is 26.2 Å². The minimum absolute atomic E-state index is 0.805. The third-order valence-corrected chi connectivity index (χ3v) is 3.00. The van der Waals surface area contributed by atoms with Crippen molar-refractivity contribution in [1.82, 2.24) is 5.32 Å². The van der Waals surface area contributed by atoms with Crippen LogP contribution in [0.25, 0.3) is 0 Å². The van der Waals surface area contributed by atoms with Crippen LogP contribution in [0.3, 0.4) is 0 Å². The van der Waals surface area contributed by atoms with Gasteiger partial charge in [0.2, 0.25) is 0 Å². The molecule has 1 N–H and O–H groups in total. The van der Waals surface area contributed by atoms with E-state index in [2.05, 4.69) is 49.4 Å². The van der Waals surface area contributed by atoms with Crippen LogP contribution in [0.2, 0.25) is 0 Å². The Bertz CT molecular complexity index is 350. The van der Waals surface area contributed by atoms with Crippen LogP contribution < -0.4 is 15.0 Å². The summed E-state index contributed by atoms with van der Waals surface area (Å²) in [7, 11) is 6.11. The Hall–Kier alpha value is -1.22. The van der Waals surface area contributed by atoms with Gasteiger partial charge in [-0.2, -0.15) is 0 Å². The van der Waals surface area contributed by atoms with Crippen molar-refractivity contribution in [1.29, 1.82) is 0 Å². The first-order valence-electron chi connectivity index (χ1n) is 6.70. The molecular weight excluding hydrogens is 224 g/mol. The van der Waals surface area contributed by atoms with E-state index in [1.165, 1.54) is 24.1 Å². The minimum Gasteiger partial charge on any atom is -0.494 e. The van der Waals surface area contributed by atoms with Gasteiger partial charge >= 0.3 is 0 Å². The molecule has 0 aliphatic rings. The fraction of sp³-hybridized carbons (Fsp3) is 0.600. The molecule has 0 amide bonds. The van der Waals surface area contributed by atoms with Crippen molar-refractivity contribution in [3.05, 3.63) is 23.8 Å². The molecule has 0 fully saturated rings. The lowest BCUT2D eigenvalue weighted by Gasteiger charge is -2.17. The van der Waals surface area contributed by atoms with Crippen molar-refractivity contribution < 1.29 is 4.74 Å². The predicted molar refractivity (Wildman–Crippen MR) is 78.8 cm³/mol. The molecule has 1 aromatic rings. The summed E-state index contributed by atoms with van der Waals surface area (Å²) in [6.07, 6.45) is 3.55. The lowest BCUT2D eigenvalue weighted by molar-refractivity contribution is 0.305. The molecule has 0 radical (unpaired) electrons. The molecule has 0 heterocycles. The minimum atomic E-state index is 0.805. The topological polar surface area (TPSA) is 24.5 Å². The van der Waals surface area contributed by atoms with Gasteiger partial charge in [-0.25, -0.2) is 0 Å². The number of rotatable bonds is 8. The van der Waals surface area contributed by atoms with Gasteiger partial charge < -0.3 is 15.0 Å². The van der Waals surface area contributed by atoms with Crippen LogP contribution in [-0.2, 0) is 0 Å². The van der Waals surface area contributed by atoms with Gasteiger partial charge in [-0.3, -0.25) is 0 Å². The molecule has 102 valence electrons. The normalized spacial score (nSPS) is 10.4. The first-order chi connectivity index (χ1) is 8.65. The van der Waals surface area contributed by atoms with E-state index in [4.69, 9.17) is 4.74 Å². The number of anilines is 1. The highest BCUT2D eigenvalue weighted by molar-refractivity contribution is 5.55. The standard InChI is InChI=1S/C15H26N2O/c1-13-8-9-14(12-15(13)17(3)4)18-11-7-5-6-10-16-2/h8-9,12,16H,5-7,10-11H2,1-4H3. The molecule has 0 saturated carbocycles. The van der Waals surface area contributed by atoms with Crippen LogP contribution in [0.1, 0.15) is 24.8 Å². The van der Waals surface area contributed by atoms with Crippen molar-refractivity contribution in [2.75, 3.05) is 39.2 Å². The number of benzene rings is 1. The molecule has 0 spiro atoms. The summed E-state index contributed by atoms with van der Waals surface area (Å²) < 4.78 is 5.78. The fourth-order valence-electron chi connectivity index (χ4n) is 1.93. The van der Waals surface area contributed by atoms with E-state index in [0.717, 1.165) is 25.3 Å². The maximum Gasteiger partial charge on any atom is 0.121 e. The van der Waals surface area contributed by atoms with Crippen LogP contribution in [0.5, 0.6) is 5.75 Å². The van der Waals surface area contributed by atoms with Crippen molar-refractivity contribution >= 4 is 5.69 Å². The molecule has 0 aliphatic heterocycles. The largest absolute Gasteiger partial charge is 0.494 e. The van der Waals surface area contributed by atoms with Crippen molar-refractivity contribution in [3.63, 3.8) is 0 Å². The number of nitrogens with zero attached hydrogens (tertiary/aromatic N) is 1. The molecule has 3 nitrogen and oxygen atoms in total. The number of hydrogen-bond acceptors (Lipinski definition) is 3. The Kier molecular flexibility index (Phi) is 6.58. The summed E-state index contributed by atoms with van der Waals surface area (Å²) in [6, 6.07) is 6.28. The number of unbranched alkanes of at least 4 members (excludes halogenated alkanes) is 2. The molecule has 1 aromatic carbocycles. The average molecular weight is 250 g/mol. The molecule has 0 saturated heterocycles. The maximum absolute atomic E-state index is 5.78. The lowest BCUT2D eigenvalue weighted by Crippen LogP contribution is -2.10. The summed E-state index contributed by atoms with van der Waals surface area (Å²) in [5, 5.41) is 3.16. The van der Waals surface area contributed by atoms with E-state index < -0.39 is 0 Å². The first-order valence-corrected chi connectivity index (χ1v) is 6.70. The van der Waals surface area contributed by atoms with Gasteiger partial charge in [0.1, 0.15) is 5.75 Å². The average Bonchev–Trinajstić information content (AvgIpc) is 2.35. The predicted octanol–water partition coefficient (Wildman–Crippen LogP) is 2.83. The van der Waals surface area contributed by atoms with Gasteiger partial charge in [0.25, 0.3) is 0 Å². The molecule has 3 heteroatoms. The highest BCUT2D eigenvalue weighted by Crippen LogP contribution is 2.24. The zero-order chi connectivity index (χ0) is 13.4. The number of nitrogens with one attached hydrogen (secondary N) is 1. The molecule has 0 aliphatic carbocycles. The highest BCUT2D eigenvalue weighted by Gasteiger charge is 2.02. The SMILES string of the molecule is CNCCCCCOc1ccc(C)c(N(C)C)c1. The number of aryl methyl sites for hydroxylation is 1. The summed E-state index contributed by atoms with van der Waals surface area (Å²) in [6.45, 7) is 4.02. The van der Waals surface area contributed by atoms with Crippen molar-refractivity contribution in [2.24, 2.45) is 0 Å². The summed E-state index contributed by atoms with van der Waals surface area (Å²) in [5.74, 6) is 0.970. The summed E-state index contributed by atoms with van der Waals surface area (Å²) >= 11 is 0. The Morgan fingerprint density at radius 1 is 1.17 bits per heavy atom. The van der Waals surface area contributed by atoms with Gasteiger partial charge in [0, 0.05) is 25.8 Å². The van der Waals surface area contributed by atoms with Crippen LogP contribution >= 0.6 is 0 Å². The molecule has 1 rings (SSSR count). The van der Waals surface area contributed by atoms with E-state index in [1.807, 2.05) is 7.05 Å². The Morgan fingerprint density at radius 2 is 1.94 bits per heavy atom. The zero-order valence-corrected chi connectivity index (χ0v) is 12.1. The van der Waals surface area contributed by atoms with E-state index in [9.17, 15) is 0 Å². The summed E-state index contributed by atoms with van der Waals surface area (Å²) in [4.78, 5) is 2.12. The Labute approximate surface area is 111 Å². The molecule has 0 atom stereocenters. The number of hydrogen-bond donors (Lipinski definition) is 1. The third kappa shape index (κ3) is 4.96. The van der Waals surface area contributed by atoms with Crippen LogP contribution in [0.15, 0.2) is 18.2 Å². The molecule has 0 bridgehead atoms. The molecule has 0 unspecified atom stereocenters. The maximum atomic E-state index is 5.78. The van der Waals surface area contributed by atoms with Gasteiger partial charge in [-0.15, -0.1) is 0 Å². The monoisotopic (exact) mass is 250 g/mol. The first kappa shape index (κ1) is 14.8. The highest BCUT2D eigenvalue weighted by atomic mass is 16.5. The Balaban J connectivity index is 2.36. The quantitative estimate of drug-likeness (QED) is 0.718. The van der Waals surface area contributed by atoms with Gasteiger partial charge in [-0.1, -0.05) is 6.07 Å². The molecule has 18 heavy (non-hydrogen) atoms. The smallest absolute Gasteiger partial charge is 0.121 e. The third-order valence-electron chi connectivity index (χ3n) is 3.00. The van der Waals surface area contributed by atoms with Gasteiger partial charge in [0.05, 0.1) is 6.61 Å². The molecular formula is C15H26N2O. The van der Waals surface area contributed by atoms with Crippen LogP contribution in [0, 0.1) is 6.92 Å². The second-order valence-corrected chi connectivity index (χ2v) is 4.86. The van der Waals surface area contributed by atoms with Crippen LogP contribution in [0.4, 0.5) is 5.69 Å². The fourth-order valence-corrected chi connectivity index (χ4v) is 1.93. The van der Waals surface area contributed by atoms with E-state index >= 15 is 0 Å². The Morgan fingerprint density at radius 3 is 2.61 bits per heavy atom.